The zero-order valence-electron chi connectivity index (χ0n) is 7.41. The van der Waals surface area contributed by atoms with Crippen molar-refractivity contribution in [2.45, 2.75) is 13.0 Å². The standard InChI is InChI=1S/C10H9F2NO/c1-13-7-6-8-2-4-9(5-3-8)14-10(11)12/h2-5,10H,6-7H2. The van der Waals surface area contributed by atoms with E-state index in [1.165, 1.54) is 12.1 Å². The van der Waals surface area contributed by atoms with E-state index in [1.54, 1.807) is 12.1 Å². The van der Waals surface area contributed by atoms with Crippen molar-refractivity contribution in [3.05, 3.63) is 41.2 Å². The Morgan fingerprint density at radius 2 is 1.93 bits per heavy atom. The van der Waals surface area contributed by atoms with Crippen LogP contribution < -0.4 is 4.74 Å². The van der Waals surface area contributed by atoms with Crippen molar-refractivity contribution in [2.75, 3.05) is 6.54 Å². The van der Waals surface area contributed by atoms with E-state index in [9.17, 15) is 8.78 Å². The fourth-order valence-corrected chi connectivity index (χ4v) is 1.02. The molecule has 0 unspecified atom stereocenters. The Labute approximate surface area is 80.9 Å². The van der Waals surface area contributed by atoms with E-state index in [2.05, 4.69) is 9.58 Å². The van der Waals surface area contributed by atoms with Gasteiger partial charge in [-0.15, -0.1) is 0 Å². The molecule has 0 bridgehead atoms. The van der Waals surface area contributed by atoms with Crippen LogP contribution in [0.5, 0.6) is 5.75 Å². The summed E-state index contributed by atoms with van der Waals surface area (Å²) in [7, 11) is 0. The second kappa shape index (κ2) is 5.18. The lowest BCUT2D eigenvalue weighted by Gasteiger charge is -2.04. The summed E-state index contributed by atoms with van der Waals surface area (Å²) in [5.74, 6) is 0.145. The van der Waals surface area contributed by atoms with Gasteiger partial charge >= 0.3 is 6.61 Å². The molecule has 0 N–H and O–H groups in total. The Balaban J connectivity index is 2.56. The van der Waals surface area contributed by atoms with Crippen molar-refractivity contribution < 1.29 is 13.5 Å². The van der Waals surface area contributed by atoms with E-state index in [1.807, 2.05) is 0 Å². The topological polar surface area (TPSA) is 13.6 Å². The fourth-order valence-electron chi connectivity index (χ4n) is 1.02. The summed E-state index contributed by atoms with van der Waals surface area (Å²) in [6, 6.07) is 6.32. The lowest BCUT2D eigenvalue weighted by atomic mass is 10.1. The van der Waals surface area contributed by atoms with Crippen molar-refractivity contribution in [1.29, 1.82) is 0 Å². The monoisotopic (exact) mass is 197 g/mol. The van der Waals surface area contributed by atoms with Crippen molar-refractivity contribution in [1.82, 2.24) is 0 Å². The molecule has 1 aromatic carbocycles. The Bertz CT molecular complexity index is 316. The van der Waals surface area contributed by atoms with Gasteiger partial charge in [-0.3, -0.25) is 0 Å². The maximum absolute atomic E-state index is 11.8. The van der Waals surface area contributed by atoms with Crippen LogP contribution in [0.4, 0.5) is 8.78 Å². The van der Waals surface area contributed by atoms with E-state index in [0.717, 1.165) is 5.56 Å². The van der Waals surface area contributed by atoms with Crippen LogP contribution in [0.3, 0.4) is 0 Å². The Hall–Kier alpha value is -1.63. The van der Waals surface area contributed by atoms with Gasteiger partial charge in [0.1, 0.15) is 5.75 Å². The zero-order valence-corrected chi connectivity index (χ0v) is 7.41. The number of halogens is 2. The van der Waals surface area contributed by atoms with Crippen molar-refractivity contribution >= 4 is 0 Å². The molecule has 1 aromatic rings. The zero-order chi connectivity index (χ0) is 10.4. The summed E-state index contributed by atoms with van der Waals surface area (Å²) >= 11 is 0. The summed E-state index contributed by atoms with van der Waals surface area (Å²) in [4.78, 5) is 3.20. The van der Waals surface area contributed by atoms with Crippen molar-refractivity contribution in [3.63, 3.8) is 0 Å². The summed E-state index contributed by atoms with van der Waals surface area (Å²) < 4.78 is 27.7. The van der Waals surface area contributed by atoms with Gasteiger partial charge in [0.25, 0.3) is 0 Å². The maximum Gasteiger partial charge on any atom is 0.387 e. The van der Waals surface area contributed by atoms with Crippen molar-refractivity contribution in [2.24, 2.45) is 0 Å². The molecule has 74 valence electrons. The summed E-state index contributed by atoms with van der Waals surface area (Å²) in [5.41, 5.74) is 0.947. The fraction of sp³-hybridized carbons (Fsp3) is 0.300. The van der Waals surface area contributed by atoms with Crippen LogP contribution in [-0.4, -0.2) is 13.2 Å². The predicted molar refractivity (Wildman–Crippen MR) is 48.2 cm³/mol. The molecule has 0 aliphatic rings. The maximum atomic E-state index is 11.8. The van der Waals surface area contributed by atoms with Gasteiger partial charge in [0, 0.05) is 6.42 Å². The Morgan fingerprint density at radius 3 is 2.43 bits per heavy atom. The molecule has 0 saturated carbocycles. The number of alkyl halides is 2. The van der Waals surface area contributed by atoms with Gasteiger partial charge in [0.05, 0.1) is 0 Å². The van der Waals surface area contributed by atoms with Crippen LogP contribution in [0, 0.1) is 6.57 Å². The molecule has 0 spiro atoms. The quantitative estimate of drug-likeness (QED) is 0.676. The van der Waals surface area contributed by atoms with E-state index >= 15 is 0 Å². The second-order valence-corrected chi connectivity index (χ2v) is 2.65. The first kappa shape index (κ1) is 10.5. The summed E-state index contributed by atoms with van der Waals surface area (Å²) in [6.07, 6.45) is 0.637. The molecule has 0 aromatic heterocycles. The highest BCUT2D eigenvalue weighted by Crippen LogP contribution is 2.15. The largest absolute Gasteiger partial charge is 0.435 e. The van der Waals surface area contributed by atoms with Crippen molar-refractivity contribution in [3.8, 4) is 5.75 Å². The first-order chi connectivity index (χ1) is 6.72. The third-order valence-electron chi connectivity index (χ3n) is 1.66. The van der Waals surface area contributed by atoms with Gasteiger partial charge in [-0.05, 0) is 17.7 Å². The highest BCUT2D eigenvalue weighted by molar-refractivity contribution is 5.27. The molecule has 14 heavy (non-hydrogen) atoms. The molecule has 0 atom stereocenters. The third kappa shape index (κ3) is 3.40. The van der Waals surface area contributed by atoms with Crippen LogP contribution in [0.2, 0.25) is 0 Å². The predicted octanol–water partition coefficient (Wildman–Crippen LogP) is 2.75. The molecular formula is C10H9F2NO. The second-order valence-electron chi connectivity index (χ2n) is 2.65. The molecule has 0 fully saturated rings. The van der Waals surface area contributed by atoms with Gasteiger partial charge in [0.2, 0.25) is 6.54 Å². The smallest absolute Gasteiger partial charge is 0.387 e. The summed E-state index contributed by atoms with van der Waals surface area (Å²) in [6.45, 7) is 4.21. The Kier molecular flexibility index (Phi) is 3.86. The van der Waals surface area contributed by atoms with Crippen LogP contribution in [-0.2, 0) is 6.42 Å². The van der Waals surface area contributed by atoms with Crippen LogP contribution in [0.1, 0.15) is 5.56 Å². The molecule has 4 heteroatoms. The average Bonchev–Trinajstić information content (AvgIpc) is 2.16. The van der Waals surface area contributed by atoms with Crippen LogP contribution in [0.25, 0.3) is 4.85 Å². The number of hydrogen-bond donors (Lipinski definition) is 0. The molecule has 1 rings (SSSR count). The molecular weight excluding hydrogens is 188 g/mol. The minimum atomic E-state index is -2.79. The number of nitrogens with zero attached hydrogens (tertiary/aromatic N) is 1. The van der Waals surface area contributed by atoms with E-state index in [0.29, 0.717) is 13.0 Å². The first-order valence-corrected chi connectivity index (χ1v) is 4.09. The molecule has 0 radical (unpaired) electrons. The van der Waals surface area contributed by atoms with Gasteiger partial charge in [-0.2, -0.15) is 8.78 Å². The van der Waals surface area contributed by atoms with Gasteiger partial charge in [-0.1, -0.05) is 12.1 Å². The SMILES string of the molecule is [C-]#[N+]CCc1ccc(OC(F)F)cc1. The number of hydrogen-bond acceptors (Lipinski definition) is 1. The minimum absolute atomic E-state index is 0.145. The normalized spacial score (nSPS) is 9.86. The summed E-state index contributed by atoms with van der Waals surface area (Å²) in [5, 5.41) is 0. The minimum Gasteiger partial charge on any atom is -0.435 e. The molecule has 0 aliphatic heterocycles. The number of benzene rings is 1. The lowest BCUT2D eigenvalue weighted by Crippen LogP contribution is -2.01. The van der Waals surface area contributed by atoms with Gasteiger partial charge in [0.15, 0.2) is 0 Å². The van der Waals surface area contributed by atoms with E-state index < -0.39 is 6.61 Å². The molecule has 2 nitrogen and oxygen atoms in total. The average molecular weight is 197 g/mol. The number of rotatable bonds is 4. The third-order valence-corrected chi connectivity index (χ3v) is 1.66. The van der Waals surface area contributed by atoms with Crippen LogP contribution in [0.15, 0.2) is 24.3 Å². The molecule has 0 amide bonds. The van der Waals surface area contributed by atoms with Crippen LogP contribution >= 0.6 is 0 Å². The van der Waals surface area contributed by atoms with Gasteiger partial charge in [-0.25, -0.2) is 6.57 Å². The molecule has 0 heterocycles. The van der Waals surface area contributed by atoms with E-state index in [4.69, 9.17) is 6.57 Å². The highest BCUT2D eigenvalue weighted by atomic mass is 19.3. The Morgan fingerprint density at radius 1 is 1.29 bits per heavy atom. The number of ether oxygens (including phenoxy) is 1. The lowest BCUT2D eigenvalue weighted by molar-refractivity contribution is -0.0498. The first-order valence-electron chi connectivity index (χ1n) is 4.09. The molecule has 0 saturated heterocycles. The van der Waals surface area contributed by atoms with Gasteiger partial charge < -0.3 is 9.58 Å². The highest BCUT2D eigenvalue weighted by Gasteiger charge is 2.03. The molecule has 0 aliphatic carbocycles. The van der Waals surface area contributed by atoms with E-state index in [-0.39, 0.29) is 5.75 Å².